The summed E-state index contributed by atoms with van der Waals surface area (Å²) in [6.45, 7) is 0.978. The molecular weight excluding hydrogens is 533 g/mol. The first kappa shape index (κ1) is 30.1. The Labute approximate surface area is 249 Å². The van der Waals surface area contributed by atoms with Gasteiger partial charge < -0.3 is 20.3 Å². The van der Waals surface area contributed by atoms with Crippen LogP contribution in [0.4, 0.5) is 0 Å². The Morgan fingerprint density at radius 1 is 0.868 bits per heavy atom. The number of carboxylic acids is 1. The maximum absolute atomic E-state index is 13.2. The molecule has 6 nitrogen and oxygen atoms in total. The van der Waals surface area contributed by atoms with Crippen molar-refractivity contribution in [1.29, 1.82) is 0 Å². The van der Waals surface area contributed by atoms with Gasteiger partial charge in [0.15, 0.2) is 0 Å². The molecule has 0 aromatic heterocycles. The van der Waals surface area contributed by atoms with Gasteiger partial charge in [-0.3, -0.25) is 0 Å². The molecule has 1 atom stereocenters. The predicted molar refractivity (Wildman–Crippen MR) is 141 cm³/mol. The number of aliphatic hydroxyl groups is 1. The van der Waals surface area contributed by atoms with Crippen molar-refractivity contribution in [2.45, 2.75) is 22.3 Å². The molecule has 0 aliphatic heterocycles. The standard InChI is InChI=1S/C29H26ClNO5S.Na/c30-25-8-2-6-23(17-25)28(32)19-31-15-14-20-10-12-26(13-11-20)37(35,36)27-9-3-5-22(18-27)21-4-1-7-24(16-21)29(33)34;/h1-13,16-18,28,31-32H,14-15,19H2,(H,33,34);/q;+1/p-1/t28-;/m0./s1. The first-order chi connectivity index (χ1) is 17.7. The fourth-order valence-corrected chi connectivity index (χ4v) is 5.45. The SMILES string of the molecule is O=C([O-])c1cccc(-c2cccc(S(=O)(=O)c3ccc(CCNC[C@H](O)c4cccc(Cl)c4)cc3)c2)c1.[Na+]. The van der Waals surface area contributed by atoms with Crippen LogP contribution in [0.5, 0.6) is 0 Å². The maximum atomic E-state index is 13.2. The van der Waals surface area contributed by atoms with Crippen LogP contribution >= 0.6 is 11.6 Å². The molecule has 0 unspecified atom stereocenters. The van der Waals surface area contributed by atoms with Crippen molar-refractivity contribution < 1.29 is 53.0 Å². The molecule has 0 amide bonds. The number of aromatic carboxylic acids is 1. The van der Waals surface area contributed by atoms with Gasteiger partial charge in [-0.2, -0.15) is 0 Å². The number of carbonyl (C=O) groups excluding carboxylic acids is 1. The predicted octanol–water partition coefficient (Wildman–Crippen LogP) is 1.07. The van der Waals surface area contributed by atoms with Gasteiger partial charge in [-0.1, -0.05) is 66.2 Å². The second-order valence-corrected chi connectivity index (χ2v) is 11.0. The van der Waals surface area contributed by atoms with Gasteiger partial charge >= 0.3 is 29.6 Å². The van der Waals surface area contributed by atoms with Crippen molar-refractivity contribution in [2.75, 3.05) is 13.1 Å². The van der Waals surface area contributed by atoms with E-state index in [4.69, 9.17) is 11.6 Å². The van der Waals surface area contributed by atoms with Crippen LogP contribution in [-0.4, -0.2) is 32.6 Å². The third kappa shape index (κ3) is 7.55. The number of carbonyl (C=O) groups is 1. The zero-order valence-electron chi connectivity index (χ0n) is 20.8. The van der Waals surface area contributed by atoms with Gasteiger partial charge in [-0.15, -0.1) is 0 Å². The van der Waals surface area contributed by atoms with E-state index in [0.717, 1.165) is 11.1 Å². The normalized spacial score (nSPS) is 11.9. The minimum atomic E-state index is -3.77. The number of sulfone groups is 1. The van der Waals surface area contributed by atoms with Gasteiger partial charge in [0.05, 0.1) is 21.9 Å². The van der Waals surface area contributed by atoms with E-state index in [9.17, 15) is 23.4 Å². The summed E-state index contributed by atoms with van der Waals surface area (Å²) in [5.74, 6) is -1.29. The zero-order chi connectivity index (χ0) is 26.4. The van der Waals surface area contributed by atoms with Crippen molar-refractivity contribution in [3.8, 4) is 11.1 Å². The molecule has 0 spiro atoms. The van der Waals surface area contributed by atoms with E-state index in [1.165, 1.54) is 24.3 Å². The van der Waals surface area contributed by atoms with Gasteiger partial charge in [-0.05, 0) is 83.2 Å². The largest absolute Gasteiger partial charge is 1.00 e. The van der Waals surface area contributed by atoms with Crippen LogP contribution in [0, 0.1) is 0 Å². The molecule has 0 saturated heterocycles. The maximum Gasteiger partial charge on any atom is 1.00 e. The molecule has 4 rings (SSSR count). The van der Waals surface area contributed by atoms with Crippen LogP contribution in [0.2, 0.25) is 5.02 Å². The number of hydrogen-bond donors (Lipinski definition) is 2. The number of halogens is 1. The molecule has 0 bridgehead atoms. The fourth-order valence-electron chi connectivity index (χ4n) is 3.94. The Morgan fingerprint density at radius 3 is 2.21 bits per heavy atom. The van der Waals surface area contributed by atoms with Crippen LogP contribution in [0.25, 0.3) is 11.1 Å². The summed E-state index contributed by atoms with van der Waals surface area (Å²) in [5, 5.41) is 25.2. The topological polar surface area (TPSA) is 107 Å². The summed E-state index contributed by atoms with van der Waals surface area (Å²) < 4.78 is 26.5. The third-order valence-corrected chi connectivity index (χ3v) is 7.97. The molecule has 9 heteroatoms. The van der Waals surface area contributed by atoms with E-state index < -0.39 is 21.9 Å². The monoisotopic (exact) mass is 557 g/mol. The van der Waals surface area contributed by atoms with E-state index in [2.05, 4.69) is 5.32 Å². The van der Waals surface area contributed by atoms with Crippen molar-refractivity contribution in [3.05, 3.63) is 119 Å². The molecule has 0 heterocycles. The molecule has 190 valence electrons. The smallest absolute Gasteiger partial charge is 0.545 e. The van der Waals surface area contributed by atoms with Crippen LogP contribution in [0.3, 0.4) is 0 Å². The van der Waals surface area contributed by atoms with Crippen molar-refractivity contribution in [3.63, 3.8) is 0 Å². The van der Waals surface area contributed by atoms with Gasteiger partial charge in [0.1, 0.15) is 0 Å². The second-order valence-electron chi connectivity index (χ2n) is 8.57. The van der Waals surface area contributed by atoms with E-state index >= 15 is 0 Å². The number of benzene rings is 4. The van der Waals surface area contributed by atoms with Gasteiger partial charge in [0.2, 0.25) is 9.84 Å². The van der Waals surface area contributed by atoms with E-state index in [1.807, 2.05) is 6.07 Å². The Balaban J connectivity index is 0.00000400. The van der Waals surface area contributed by atoms with E-state index in [1.54, 1.807) is 66.7 Å². The molecule has 0 saturated carbocycles. The van der Waals surface area contributed by atoms with Gasteiger partial charge in [0.25, 0.3) is 0 Å². The Morgan fingerprint density at radius 2 is 1.53 bits per heavy atom. The van der Waals surface area contributed by atoms with Gasteiger partial charge in [0, 0.05) is 11.6 Å². The quantitative estimate of drug-likeness (QED) is 0.223. The minimum Gasteiger partial charge on any atom is -0.545 e. The van der Waals surface area contributed by atoms with Crippen molar-refractivity contribution in [1.82, 2.24) is 5.32 Å². The Hall–Kier alpha value is -2.49. The van der Waals surface area contributed by atoms with E-state index in [0.29, 0.717) is 35.7 Å². The molecule has 4 aromatic carbocycles. The molecule has 0 fully saturated rings. The summed E-state index contributed by atoms with van der Waals surface area (Å²) in [5.41, 5.74) is 2.89. The Kier molecular flexibility index (Phi) is 10.7. The van der Waals surface area contributed by atoms with E-state index in [-0.39, 0.29) is 44.9 Å². The summed E-state index contributed by atoms with van der Waals surface area (Å²) in [7, 11) is -3.77. The van der Waals surface area contributed by atoms with Crippen molar-refractivity contribution in [2.24, 2.45) is 0 Å². The summed E-state index contributed by atoms with van der Waals surface area (Å²) in [4.78, 5) is 11.5. The number of nitrogens with one attached hydrogen (secondary N) is 1. The average Bonchev–Trinajstić information content (AvgIpc) is 2.91. The number of rotatable bonds is 10. The zero-order valence-corrected chi connectivity index (χ0v) is 24.4. The molecule has 2 N–H and O–H groups in total. The summed E-state index contributed by atoms with van der Waals surface area (Å²) in [6.07, 6.45) is -0.0161. The molecule has 0 aliphatic carbocycles. The molecule has 0 aliphatic rings. The first-order valence-corrected chi connectivity index (χ1v) is 13.5. The van der Waals surface area contributed by atoms with Crippen LogP contribution in [0.1, 0.15) is 27.6 Å². The number of carboxylic acid groups (broad SMARTS) is 1. The van der Waals surface area contributed by atoms with Crippen LogP contribution < -0.4 is 40.0 Å². The average molecular weight is 558 g/mol. The van der Waals surface area contributed by atoms with Gasteiger partial charge in [-0.25, -0.2) is 8.42 Å². The van der Waals surface area contributed by atoms with Crippen LogP contribution in [-0.2, 0) is 16.3 Å². The molecular formula is C29H25ClNNaO5S. The first-order valence-electron chi connectivity index (χ1n) is 11.6. The fraction of sp³-hybridized carbons (Fsp3) is 0.138. The third-order valence-electron chi connectivity index (χ3n) is 5.97. The number of aliphatic hydroxyl groups excluding tert-OH is 1. The molecule has 0 radical (unpaired) electrons. The van der Waals surface area contributed by atoms with Crippen LogP contribution in [0.15, 0.2) is 107 Å². The number of hydrogen-bond acceptors (Lipinski definition) is 6. The van der Waals surface area contributed by atoms with Crippen molar-refractivity contribution >= 4 is 27.4 Å². The summed E-state index contributed by atoms with van der Waals surface area (Å²) in [6, 6.07) is 26.4. The molecule has 4 aromatic rings. The summed E-state index contributed by atoms with van der Waals surface area (Å²) >= 11 is 5.97. The molecule has 38 heavy (non-hydrogen) atoms. The minimum absolute atomic E-state index is 0. The Bertz CT molecular complexity index is 1510. The second kappa shape index (κ2) is 13.5.